The van der Waals surface area contributed by atoms with Crippen molar-refractivity contribution in [2.24, 2.45) is 11.7 Å². The molecule has 2 aromatic heterocycles. The van der Waals surface area contributed by atoms with Crippen molar-refractivity contribution in [2.75, 3.05) is 11.9 Å². The van der Waals surface area contributed by atoms with Gasteiger partial charge in [-0.3, -0.25) is 9.59 Å². The number of aromatic nitrogens is 3. The Bertz CT molecular complexity index is 1870. The molecule has 0 spiro atoms. The number of benzene rings is 3. The summed E-state index contributed by atoms with van der Waals surface area (Å²) in [6.45, 7) is 7.46. The Hall–Kier alpha value is -5.45. The number of nitrogens with two attached hydrogens (primary N) is 1. The van der Waals surface area contributed by atoms with Gasteiger partial charge in [0.1, 0.15) is 23.6 Å². The molecule has 2 unspecified atom stereocenters. The topological polar surface area (TPSA) is 159 Å². The number of primary amides is 1. The normalized spacial score (nSPS) is 15.2. The van der Waals surface area contributed by atoms with Gasteiger partial charge in [-0.15, -0.1) is 0 Å². The van der Waals surface area contributed by atoms with Crippen molar-refractivity contribution in [1.29, 1.82) is 0 Å². The molecular formula is C33H33N7O4. The first-order valence-electron chi connectivity index (χ1n) is 14.4. The van der Waals surface area contributed by atoms with E-state index < -0.39 is 18.0 Å². The molecule has 11 heteroatoms. The third-order valence-electron chi connectivity index (χ3n) is 7.99. The molecular weight excluding hydrogens is 558 g/mol. The molecule has 3 aromatic carbocycles. The number of nitrogens with zero attached hydrogens (tertiary/aromatic N) is 3. The second kappa shape index (κ2) is 11.3. The Kier molecular flexibility index (Phi) is 7.38. The van der Waals surface area contributed by atoms with Crippen LogP contribution in [0.1, 0.15) is 64.7 Å². The van der Waals surface area contributed by atoms with Crippen LogP contribution >= 0.6 is 0 Å². The molecule has 4 amide bonds. The van der Waals surface area contributed by atoms with Gasteiger partial charge in [0, 0.05) is 16.8 Å². The van der Waals surface area contributed by atoms with Gasteiger partial charge < -0.3 is 30.8 Å². The lowest BCUT2D eigenvalue weighted by molar-refractivity contribution is -0.123. The number of para-hydroxylation sites is 1. The van der Waals surface area contributed by atoms with Crippen molar-refractivity contribution < 1.29 is 18.9 Å². The SMILES string of the molecule is Cc1noc(C)c1-c1ccc2c(c1)C(c1ccccc1)N(CC(=O)NC(c1nc3c(C(N)=O)cccc3[nH]1)C(C)C)C(=O)N2. The number of anilines is 1. The molecule has 11 nitrogen and oxygen atoms in total. The van der Waals surface area contributed by atoms with Gasteiger partial charge >= 0.3 is 6.03 Å². The zero-order valence-electron chi connectivity index (χ0n) is 24.8. The fraction of sp³-hybridized carbons (Fsp3) is 0.242. The number of fused-ring (bicyclic) bond motifs is 2. The number of hydrogen-bond acceptors (Lipinski definition) is 6. The summed E-state index contributed by atoms with van der Waals surface area (Å²) in [5.74, 6) is 0.188. The molecule has 5 aromatic rings. The van der Waals surface area contributed by atoms with E-state index in [0.29, 0.717) is 33.9 Å². The van der Waals surface area contributed by atoms with E-state index in [0.717, 1.165) is 27.9 Å². The van der Waals surface area contributed by atoms with Crippen LogP contribution in [0.5, 0.6) is 0 Å². The lowest BCUT2D eigenvalue weighted by Gasteiger charge is -2.38. The molecule has 0 saturated carbocycles. The van der Waals surface area contributed by atoms with Crippen LogP contribution < -0.4 is 16.4 Å². The number of amides is 4. The van der Waals surface area contributed by atoms with E-state index in [4.69, 9.17) is 10.3 Å². The average Bonchev–Trinajstić information content (AvgIpc) is 3.58. The maximum atomic E-state index is 13.7. The number of hydrogen-bond donors (Lipinski definition) is 4. The highest BCUT2D eigenvalue weighted by molar-refractivity contribution is 6.04. The highest BCUT2D eigenvalue weighted by Crippen LogP contribution is 2.40. The van der Waals surface area contributed by atoms with Gasteiger partial charge in [0.15, 0.2) is 0 Å². The summed E-state index contributed by atoms with van der Waals surface area (Å²) in [6, 6.07) is 19.2. The minimum Gasteiger partial charge on any atom is -0.366 e. The molecule has 44 heavy (non-hydrogen) atoms. The summed E-state index contributed by atoms with van der Waals surface area (Å²) in [7, 11) is 0. The van der Waals surface area contributed by atoms with Crippen molar-refractivity contribution in [1.82, 2.24) is 25.3 Å². The first-order chi connectivity index (χ1) is 21.1. The smallest absolute Gasteiger partial charge is 0.323 e. The molecule has 1 aliphatic heterocycles. The molecule has 0 aliphatic carbocycles. The van der Waals surface area contributed by atoms with Gasteiger partial charge in [-0.25, -0.2) is 9.78 Å². The number of H-pyrrole nitrogens is 1. The number of urea groups is 1. The number of carbonyl (C=O) groups excluding carboxylic acids is 3. The van der Waals surface area contributed by atoms with Crippen molar-refractivity contribution >= 4 is 34.6 Å². The van der Waals surface area contributed by atoms with Gasteiger partial charge in [0.05, 0.1) is 28.9 Å². The monoisotopic (exact) mass is 591 g/mol. The summed E-state index contributed by atoms with van der Waals surface area (Å²) >= 11 is 0. The van der Waals surface area contributed by atoms with E-state index in [-0.39, 0.29) is 24.4 Å². The maximum absolute atomic E-state index is 13.7. The third kappa shape index (κ3) is 5.17. The van der Waals surface area contributed by atoms with E-state index in [2.05, 4.69) is 25.8 Å². The minimum absolute atomic E-state index is 0.0602. The largest absolute Gasteiger partial charge is 0.366 e. The quantitative estimate of drug-likeness (QED) is 0.189. The fourth-order valence-corrected chi connectivity index (χ4v) is 5.91. The molecule has 0 fully saturated rings. The molecule has 224 valence electrons. The Labute approximate surface area is 253 Å². The Morgan fingerprint density at radius 3 is 2.52 bits per heavy atom. The van der Waals surface area contributed by atoms with Crippen molar-refractivity contribution in [3.8, 4) is 11.1 Å². The predicted molar refractivity (Wildman–Crippen MR) is 166 cm³/mol. The van der Waals surface area contributed by atoms with Gasteiger partial charge in [0.25, 0.3) is 5.91 Å². The first kappa shape index (κ1) is 28.7. The zero-order chi connectivity index (χ0) is 31.1. The summed E-state index contributed by atoms with van der Waals surface area (Å²) < 4.78 is 5.41. The lowest BCUT2D eigenvalue weighted by Crippen LogP contribution is -2.48. The van der Waals surface area contributed by atoms with E-state index in [1.807, 2.05) is 76.2 Å². The van der Waals surface area contributed by atoms with Crippen molar-refractivity contribution in [2.45, 2.75) is 39.8 Å². The van der Waals surface area contributed by atoms with Gasteiger partial charge in [0.2, 0.25) is 5.91 Å². The maximum Gasteiger partial charge on any atom is 0.323 e. The summed E-state index contributed by atoms with van der Waals surface area (Å²) in [5, 5.41) is 10.1. The molecule has 0 radical (unpaired) electrons. The Morgan fingerprint density at radius 2 is 1.84 bits per heavy atom. The van der Waals surface area contributed by atoms with E-state index in [1.54, 1.807) is 18.2 Å². The van der Waals surface area contributed by atoms with Crippen LogP contribution in [0.15, 0.2) is 71.3 Å². The zero-order valence-corrected chi connectivity index (χ0v) is 24.8. The van der Waals surface area contributed by atoms with Gasteiger partial charge in [-0.05, 0) is 55.2 Å². The van der Waals surface area contributed by atoms with Crippen LogP contribution in [0.25, 0.3) is 22.2 Å². The second-order valence-electron chi connectivity index (χ2n) is 11.3. The van der Waals surface area contributed by atoms with Crippen LogP contribution in [0, 0.1) is 19.8 Å². The standard InChI is InChI=1S/C33H33N7O4/c1-17(2)28(32-35-25-12-8-11-22(31(34)42)29(25)38-32)37-26(41)16-40-30(20-9-6-5-7-10-20)23-15-21(13-14-24(23)36-33(40)43)27-18(3)39-44-19(27)4/h5-15,17,28,30H,16H2,1-4H3,(H2,34,42)(H,35,38)(H,36,43)(H,37,41). The molecule has 5 N–H and O–H groups in total. The number of rotatable bonds is 8. The van der Waals surface area contributed by atoms with E-state index >= 15 is 0 Å². The summed E-state index contributed by atoms with van der Waals surface area (Å²) in [4.78, 5) is 48.6. The highest BCUT2D eigenvalue weighted by Gasteiger charge is 2.36. The molecule has 2 atom stereocenters. The summed E-state index contributed by atoms with van der Waals surface area (Å²) in [6.07, 6.45) is 0. The lowest BCUT2D eigenvalue weighted by atomic mass is 9.90. The van der Waals surface area contributed by atoms with Crippen LogP contribution in [0.3, 0.4) is 0 Å². The summed E-state index contributed by atoms with van der Waals surface area (Å²) in [5.41, 5.74) is 11.9. The van der Waals surface area contributed by atoms with Crippen molar-refractivity contribution in [3.63, 3.8) is 0 Å². The fourth-order valence-electron chi connectivity index (χ4n) is 5.91. The minimum atomic E-state index is -0.584. The Balaban J connectivity index is 1.34. The average molecular weight is 592 g/mol. The first-order valence-corrected chi connectivity index (χ1v) is 14.4. The molecule has 3 heterocycles. The third-order valence-corrected chi connectivity index (χ3v) is 7.99. The molecule has 6 rings (SSSR count). The van der Waals surface area contributed by atoms with Crippen LogP contribution in [0.4, 0.5) is 10.5 Å². The van der Waals surface area contributed by atoms with E-state index in [9.17, 15) is 14.4 Å². The molecule has 1 aliphatic rings. The number of imidazole rings is 1. The number of carbonyl (C=O) groups is 3. The van der Waals surface area contributed by atoms with E-state index in [1.165, 1.54) is 4.90 Å². The molecule has 0 saturated heterocycles. The van der Waals surface area contributed by atoms with Crippen molar-refractivity contribution in [3.05, 3.63) is 101 Å². The molecule has 0 bridgehead atoms. The highest BCUT2D eigenvalue weighted by atomic mass is 16.5. The van der Waals surface area contributed by atoms with Crippen LogP contribution in [0.2, 0.25) is 0 Å². The number of aryl methyl sites for hydroxylation is 2. The van der Waals surface area contributed by atoms with Gasteiger partial charge in [-0.1, -0.05) is 61.5 Å². The van der Waals surface area contributed by atoms with Crippen LogP contribution in [-0.2, 0) is 4.79 Å². The Morgan fingerprint density at radius 1 is 1.07 bits per heavy atom. The van der Waals surface area contributed by atoms with Gasteiger partial charge in [-0.2, -0.15) is 0 Å². The predicted octanol–water partition coefficient (Wildman–Crippen LogP) is 5.38. The number of aromatic amines is 1. The van der Waals surface area contributed by atoms with Crippen LogP contribution in [-0.4, -0.2) is 44.4 Å². The number of nitrogens with one attached hydrogen (secondary N) is 3. The second-order valence-corrected chi connectivity index (χ2v) is 11.3.